The number of carbonyl (C=O) groups is 1. The van der Waals surface area contributed by atoms with E-state index in [9.17, 15) is 4.79 Å². The van der Waals surface area contributed by atoms with Crippen LogP contribution >= 0.6 is 0 Å². The number of pyridine rings is 1. The maximum absolute atomic E-state index is 12.7. The third-order valence-corrected chi connectivity index (χ3v) is 6.31. The van der Waals surface area contributed by atoms with Crippen LogP contribution in [0.1, 0.15) is 30.9 Å². The van der Waals surface area contributed by atoms with Crippen molar-refractivity contribution in [1.29, 1.82) is 0 Å². The second-order valence-corrected chi connectivity index (χ2v) is 9.38. The lowest BCUT2D eigenvalue weighted by Gasteiger charge is -2.09. The number of amides is 1. The summed E-state index contributed by atoms with van der Waals surface area (Å²) in [4.78, 5) is 16.9. The first-order valence-corrected chi connectivity index (χ1v) is 13.9. The van der Waals surface area contributed by atoms with Crippen molar-refractivity contribution >= 4 is 11.6 Å². The monoisotopic (exact) mass is 552 g/mol. The first kappa shape index (κ1) is 31.1. The maximum Gasteiger partial charge on any atom is 0.248 e. The molecule has 1 N–H and O–H groups in total. The summed E-state index contributed by atoms with van der Waals surface area (Å²) in [5, 5.41) is 2.92. The van der Waals surface area contributed by atoms with Crippen molar-refractivity contribution in [2.75, 3.05) is 32.2 Å². The van der Waals surface area contributed by atoms with Gasteiger partial charge in [-0.3, -0.25) is 9.78 Å². The Bertz CT molecular complexity index is 1340. The molecule has 0 aliphatic heterocycles. The third kappa shape index (κ3) is 10.6. The number of nitrogens with zero attached hydrogens (tertiary/aromatic N) is 1. The van der Waals surface area contributed by atoms with E-state index in [0.29, 0.717) is 31.1 Å². The smallest absolute Gasteiger partial charge is 0.248 e. The lowest BCUT2D eigenvalue weighted by atomic mass is 10.0. The highest BCUT2D eigenvalue weighted by molar-refractivity contribution is 5.99. The van der Waals surface area contributed by atoms with Gasteiger partial charge in [-0.1, -0.05) is 56.3 Å². The zero-order valence-corrected chi connectivity index (χ0v) is 24.3. The molecule has 1 aromatic heterocycles. The Morgan fingerprint density at radius 2 is 1.78 bits per heavy atom. The zero-order chi connectivity index (χ0) is 29.3. The number of anilines is 1. The number of carbonyl (C=O) groups excluding carboxylic acids is 1. The first-order valence-electron chi connectivity index (χ1n) is 13.9. The van der Waals surface area contributed by atoms with Crippen LogP contribution in [-0.2, 0) is 20.7 Å². The van der Waals surface area contributed by atoms with Gasteiger partial charge in [0.2, 0.25) is 5.91 Å². The molecular formula is C35H40N2O4. The van der Waals surface area contributed by atoms with Gasteiger partial charge < -0.3 is 19.5 Å². The Hall–Kier alpha value is -4.42. The van der Waals surface area contributed by atoms with Crippen LogP contribution in [0, 0.1) is 6.92 Å². The van der Waals surface area contributed by atoms with E-state index in [2.05, 4.69) is 23.8 Å². The van der Waals surface area contributed by atoms with Crippen molar-refractivity contribution < 1.29 is 19.0 Å². The third-order valence-electron chi connectivity index (χ3n) is 6.31. The van der Waals surface area contributed by atoms with Crippen LogP contribution in [0.15, 0.2) is 115 Å². The number of aromatic nitrogens is 1. The number of hydrogen-bond donors (Lipinski definition) is 1. The molecular weight excluding hydrogens is 512 g/mol. The van der Waals surface area contributed by atoms with E-state index in [0.717, 1.165) is 53.0 Å². The molecule has 3 aromatic rings. The van der Waals surface area contributed by atoms with Gasteiger partial charge in [0.15, 0.2) is 0 Å². The normalized spacial score (nSPS) is 11.9. The van der Waals surface area contributed by atoms with Crippen LogP contribution in [0.2, 0.25) is 0 Å². The SMILES string of the molecule is C=C\C=C(OC)/C(=C\Cc1ccc(OCCOCCCC)cc1)/C=C/C(=O)Nc1ccc(-c2cnccc2C)cc1. The lowest BCUT2D eigenvalue weighted by molar-refractivity contribution is -0.111. The van der Waals surface area contributed by atoms with E-state index in [-0.39, 0.29) is 5.91 Å². The van der Waals surface area contributed by atoms with E-state index in [1.807, 2.05) is 73.8 Å². The molecule has 0 aliphatic rings. The van der Waals surface area contributed by atoms with Crippen molar-refractivity contribution in [1.82, 2.24) is 4.98 Å². The van der Waals surface area contributed by atoms with E-state index >= 15 is 0 Å². The van der Waals surface area contributed by atoms with Gasteiger partial charge in [-0.25, -0.2) is 0 Å². The Labute approximate surface area is 244 Å². The number of methoxy groups -OCH3 is 1. The standard InChI is InChI=1S/C35H40N2O4/c1-5-7-23-40-24-25-41-32-18-10-28(11-19-32)9-12-30(34(39-4)8-6-2)15-20-35(38)37-31-16-13-29(14-17-31)33-26-36-22-21-27(33)3/h6,8,10-22,26H,2,5,7,9,23-25H2,1,3-4H3,(H,37,38)/b20-15+,30-12-,34-8+. The molecule has 0 saturated heterocycles. The first-order chi connectivity index (χ1) is 20.0. The van der Waals surface area contributed by atoms with E-state index in [1.165, 1.54) is 6.08 Å². The molecule has 0 fully saturated rings. The summed E-state index contributed by atoms with van der Waals surface area (Å²) in [6.45, 7) is 9.85. The molecule has 6 heteroatoms. The topological polar surface area (TPSA) is 69.7 Å². The fraction of sp³-hybridized carbons (Fsp3) is 0.257. The number of unbranched alkanes of at least 4 members (excludes halogenated alkanes) is 1. The number of aryl methyl sites for hydroxylation is 1. The highest BCUT2D eigenvalue weighted by Crippen LogP contribution is 2.24. The van der Waals surface area contributed by atoms with Crippen molar-refractivity contribution in [2.45, 2.75) is 33.1 Å². The van der Waals surface area contributed by atoms with Crippen LogP contribution in [0.3, 0.4) is 0 Å². The Kier molecular flexibility index (Phi) is 13.1. The molecule has 6 nitrogen and oxygen atoms in total. The van der Waals surface area contributed by atoms with Gasteiger partial charge in [-0.2, -0.15) is 0 Å². The molecule has 0 saturated carbocycles. The van der Waals surface area contributed by atoms with Gasteiger partial charge in [0, 0.05) is 41.9 Å². The molecule has 2 aromatic carbocycles. The molecule has 0 unspecified atom stereocenters. The average Bonchev–Trinajstić information content (AvgIpc) is 2.99. The van der Waals surface area contributed by atoms with E-state index < -0.39 is 0 Å². The Balaban J connectivity index is 1.61. The molecule has 0 atom stereocenters. The molecule has 0 radical (unpaired) electrons. The minimum absolute atomic E-state index is 0.240. The summed E-state index contributed by atoms with van der Waals surface area (Å²) in [6.07, 6.45) is 15.2. The molecule has 41 heavy (non-hydrogen) atoms. The Morgan fingerprint density at radius 3 is 2.46 bits per heavy atom. The van der Waals surface area contributed by atoms with Crippen LogP contribution in [0.5, 0.6) is 5.75 Å². The van der Waals surface area contributed by atoms with Crippen molar-refractivity contribution in [2.24, 2.45) is 0 Å². The molecule has 0 aliphatic carbocycles. The minimum Gasteiger partial charge on any atom is -0.496 e. The zero-order valence-electron chi connectivity index (χ0n) is 24.3. The van der Waals surface area contributed by atoms with Crippen LogP contribution < -0.4 is 10.1 Å². The van der Waals surface area contributed by atoms with Crippen LogP contribution in [0.25, 0.3) is 11.1 Å². The number of hydrogen-bond acceptors (Lipinski definition) is 5. The molecule has 1 amide bonds. The second kappa shape index (κ2) is 17.3. The van der Waals surface area contributed by atoms with Gasteiger partial charge in [0.05, 0.1) is 13.7 Å². The predicted molar refractivity (Wildman–Crippen MR) is 167 cm³/mol. The Morgan fingerprint density at radius 1 is 1.00 bits per heavy atom. The quantitative estimate of drug-likeness (QED) is 0.0856. The van der Waals surface area contributed by atoms with Crippen molar-refractivity contribution in [3.63, 3.8) is 0 Å². The van der Waals surface area contributed by atoms with E-state index in [4.69, 9.17) is 14.2 Å². The van der Waals surface area contributed by atoms with Crippen molar-refractivity contribution in [3.8, 4) is 16.9 Å². The molecule has 0 spiro atoms. The summed E-state index contributed by atoms with van der Waals surface area (Å²) < 4.78 is 16.9. The highest BCUT2D eigenvalue weighted by atomic mass is 16.5. The average molecular weight is 553 g/mol. The van der Waals surface area contributed by atoms with E-state index in [1.54, 1.807) is 31.5 Å². The predicted octanol–water partition coefficient (Wildman–Crippen LogP) is 7.63. The summed E-state index contributed by atoms with van der Waals surface area (Å²) >= 11 is 0. The number of rotatable bonds is 16. The maximum atomic E-state index is 12.7. The lowest BCUT2D eigenvalue weighted by Crippen LogP contribution is -2.08. The van der Waals surface area contributed by atoms with Gasteiger partial charge in [-0.15, -0.1) is 0 Å². The van der Waals surface area contributed by atoms with Crippen LogP contribution in [-0.4, -0.2) is 37.8 Å². The number of ether oxygens (including phenoxy) is 3. The fourth-order valence-electron chi connectivity index (χ4n) is 4.01. The van der Waals surface area contributed by atoms with Gasteiger partial charge in [-0.05, 0) is 78.9 Å². The highest BCUT2D eigenvalue weighted by Gasteiger charge is 2.06. The van der Waals surface area contributed by atoms with Crippen LogP contribution in [0.4, 0.5) is 5.69 Å². The molecule has 3 rings (SSSR count). The van der Waals surface area contributed by atoms with Crippen molar-refractivity contribution in [3.05, 3.63) is 126 Å². The summed E-state index contributed by atoms with van der Waals surface area (Å²) in [5.41, 5.74) is 5.84. The minimum atomic E-state index is -0.240. The van der Waals surface area contributed by atoms with Gasteiger partial charge in [0.25, 0.3) is 0 Å². The summed E-state index contributed by atoms with van der Waals surface area (Å²) in [6, 6.07) is 17.7. The second-order valence-electron chi connectivity index (χ2n) is 9.38. The molecule has 0 bridgehead atoms. The fourth-order valence-corrected chi connectivity index (χ4v) is 4.01. The molecule has 214 valence electrons. The number of allylic oxidation sites excluding steroid dienone is 4. The number of nitrogens with one attached hydrogen (secondary N) is 1. The summed E-state index contributed by atoms with van der Waals surface area (Å²) in [5.74, 6) is 1.18. The van der Waals surface area contributed by atoms with Gasteiger partial charge >= 0.3 is 0 Å². The molecule has 1 heterocycles. The number of benzene rings is 2. The largest absolute Gasteiger partial charge is 0.496 e. The summed E-state index contributed by atoms with van der Waals surface area (Å²) in [7, 11) is 1.60. The van der Waals surface area contributed by atoms with Gasteiger partial charge in [0.1, 0.15) is 18.1 Å².